The van der Waals surface area contributed by atoms with Gasteiger partial charge in [0.1, 0.15) is 0 Å². The van der Waals surface area contributed by atoms with Crippen LogP contribution in [-0.4, -0.2) is 73.0 Å². The van der Waals surface area contributed by atoms with Crippen molar-refractivity contribution in [1.29, 1.82) is 0 Å². The predicted octanol–water partition coefficient (Wildman–Crippen LogP) is 0.0959. The lowest BCUT2D eigenvalue weighted by Gasteiger charge is -2.37. The molecule has 1 N–H and O–H groups in total. The van der Waals surface area contributed by atoms with Gasteiger partial charge in [0.15, 0.2) is 9.84 Å². The van der Waals surface area contributed by atoms with Crippen LogP contribution in [0.25, 0.3) is 0 Å². The molecule has 2 aliphatic rings. The van der Waals surface area contributed by atoms with Crippen LogP contribution in [0.15, 0.2) is 24.5 Å². The molecule has 3 heterocycles. The molecule has 0 aliphatic carbocycles. The second-order valence-electron chi connectivity index (χ2n) is 6.10. The SMILES string of the molecule is O=C(NCc1cccnc1)N1CCN(C2CCS(=O)(=O)C2)CC1. The van der Waals surface area contributed by atoms with Crippen molar-refractivity contribution < 1.29 is 13.2 Å². The normalized spacial score (nSPS) is 24.5. The largest absolute Gasteiger partial charge is 0.334 e. The van der Waals surface area contributed by atoms with Crippen LogP contribution in [0, 0.1) is 0 Å². The van der Waals surface area contributed by atoms with E-state index < -0.39 is 9.84 Å². The molecule has 1 aromatic heterocycles. The zero-order valence-electron chi connectivity index (χ0n) is 13.0. The van der Waals surface area contributed by atoms with Crippen molar-refractivity contribution in [3.63, 3.8) is 0 Å². The minimum atomic E-state index is -2.85. The van der Waals surface area contributed by atoms with Crippen molar-refractivity contribution in [3.8, 4) is 0 Å². The molecule has 0 saturated carbocycles. The Morgan fingerprint density at radius 1 is 1.30 bits per heavy atom. The van der Waals surface area contributed by atoms with Gasteiger partial charge in [-0.15, -0.1) is 0 Å². The molecule has 2 amide bonds. The number of pyridine rings is 1. The fourth-order valence-corrected chi connectivity index (χ4v) is 4.91. The summed E-state index contributed by atoms with van der Waals surface area (Å²) < 4.78 is 23.1. The number of rotatable bonds is 3. The first kappa shape index (κ1) is 16.2. The molecule has 23 heavy (non-hydrogen) atoms. The second kappa shape index (κ2) is 6.84. The highest BCUT2D eigenvalue weighted by Crippen LogP contribution is 2.19. The summed E-state index contributed by atoms with van der Waals surface area (Å²) >= 11 is 0. The van der Waals surface area contributed by atoms with E-state index in [4.69, 9.17) is 0 Å². The number of amides is 2. The van der Waals surface area contributed by atoms with Crippen molar-refractivity contribution in [2.45, 2.75) is 19.0 Å². The van der Waals surface area contributed by atoms with Crippen LogP contribution in [-0.2, 0) is 16.4 Å². The molecule has 0 radical (unpaired) electrons. The first-order chi connectivity index (χ1) is 11.0. The lowest BCUT2D eigenvalue weighted by Crippen LogP contribution is -2.54. The Hall–Kier alpha value is -1.67. The number of nitrogens with one attached hydrogen (secondary N) is 1. The quantitative estimate of drug-likeness (QED) is 0.845. The van der Waals surface area contributed by atoms with Crippen molar-refractivity contribution >= 4 is 15.9 Å². The number of piperazine rings is 1. The summed E-state index contributed by atoms with van der Waals surface area (Å²) in [4.78, 5) is 20.2. The third kappa shape index (κ3) is 4.20. The standard InChI is InChI=1S/C15H22N4O3S/c20-15(17-11-13-2-1-4-16-10-13)19-7-5-18(6-8-19)14-3-9-23(21,22)12-14/h1-2,4,10,14H,3,5-9,11-12H2,(H,17,20). The van der Waals surface area contributed by atoms with Crippen LogP contribution in [0.4, 0.5) is 4.79 Å². The Balaban J connectivity index is 1.44. The Labute approximate surface area is 136 Å². The molecule has 1 aromatic rings. The molecule has 0 spiro atoms. The molecule has 0 bridgehead atoms. The highest BCUT2D eigenvalue weighted by molar-refractivity contribution is 7.91. The smallest absolute Gasteiger partial charge is 0.317 e. The van der Waals surface area contributed by atoms with E-state index in [0.717, 1.165) is 25.1 Å². The minimum Gasteiger partial charge on any atom is -0.334 e. The maximum Gasteiger partial charge on any atom is 0.317 e. The zero-order chi connectivity index (χ0) is 16.3. The summed E-state index contributed by atoms with van der Waals surface area (Å²) in [7, 11) is -2.85. The van der Waals surface area contributed by atoms with Crippen LogP contribution >= 0.6 is 0 Å². The average Bonchev–Trinajstić information content (AvgIpc) is 2.94. The summed E-state index contributed by atoms with van der Waals surface area (Å²) in [6, 6.07) is 3.81. The average molecular weight is 338 g/mol. The number of aromatic nitrogens is 1. The summed E-state index contributed by atoms with van der Waals surface area (Å²) in [5.74, 6) is 0.559. The fraction of sp³-hybridized carbons (Fsp3) is 0.600. The first-order valence-corrected chi connectivity index (χ1v) is 9.72. The molecular formula is C15H22N4O3S. The number of sulfone groups is 1. The minimum absolute atomic E-state index is 0.0763. The van der Waals surface area contributed by atoms with Crippen LogP contribution < -0.4 is 5.32 Å². The second-order valence-corrected chi connectivity index (χ2v) is 8.33. The van der Waals surface area contributed by atoms with Gasteiger partial charge in [-0.05, 0) is 18.1 Å². The van der Waals surface area contributed by atoms with Gasteiger partial charge in [-0.2, -0.15) is 0 Å². The molecular weight excluding hydrogens is 316 g/mol. The molecule has 1 unspecified atom stereocenters. The monoisotopic (exact) mass is 338 g/mol. The topological polar surface area (TPSA) is 82.6 Å². The number of hydrogen-bond donors (Lipinski definition) is 1. The molecule has 0 aromatic carbocycles. The molecule has 7 nitrogen and oxygen atoms in total. The van der Waals surface area contributed by atoms with E-state index in [1.807, 2.05) is 12.1 Å². The van der Waals surface area contributed by atoms with Crippen LogP contribution in [0.5, 0.6) is 0 Å². The molecule has 126 valence electrons. The molecule has 8 heteroatoms. The predicted molar refractivity (Wildman–Crippen MR) is 86.7 cm³/mol. The van der Waals surface area contributed by atoms with E-state index in [-0.39, 0.29) is 17.8 Å². The summed E-state index contributed by atoms with van der Waals surface area (Å²) in [5.41, 5.74) is 0.968. The van der Waals surface area contributed by atoms with E-state index in [9.17, 15) is 13.2 Å². The Morgan fingerprint density at radius 2 is 2.09 bits per heavy atom. The van der Waals surface area contributed by atoms with Gasteiger partial charge < -0.3 is 10.2 Å². The Morgan fingerprint density at radius 3 is 2.70 bits per heavy atom. The maximum atomic E-state index is 12.2. The van der Waals surface area contributed by atoms with Gasteiger partial charge in [-0.1, -0.05) is 6.07 Å². The summed E-state index contributed by atoms with van der Waals surface area (Å²) in [6.45, 7) is 3.21. The highest BCUT2D eigenvalue weighted by Gasteiger charge is 2.34. The van der Waals surface area contributed by atoms with E-state index in [0.29, 0.717) is 25.4 Å². The van der Waals surface area contributed by atoms with Gasteiger partial charge >= 0.3 is 6.03 Å². The van der Waals surface area contributed by atoms with E-state index in [1.165, 1.54) is 0 Å². The maximum absolute atomic E-state index is 12.2. The number of carbonyl (C=O) groups is 1. The van der Waals surface area contributed by atoms with Gasteiger partial charge in [-0.25, -0.2) is 13.2 Å². The van der Waals surface area contributed by atoms with Crippen LogP contribution in [0.1, 0.15) is 12.0 Å². The van der Waals surface area contributed by atoms with Gasteiger partial charge in [-0.3, -0.25) is 9.88 Å². The van der Waals surface area contributed by atoms with Crippen molar-refractivity contribution in [1.82, 2.24) is 20.1 Å². The fourth-order valence-electron chi connectivity index (χ4n) is 3.15. The van der Waals surface area contributed by atoms with Crippen molar-refractivity contribution in [2.24, 2.45) is 0 Å². The van der Waals surface area contributed by atoms with E-state index in [1.54, 1.807) is 17.3 Å². The molecule has 2 saturated heterocycles. The summed E-state index contributed by atoms with van der Waals surface area (Å²) in [6.07, 6.45) is 4.15. The molecule has 2 fully saturated rings. The van der Waals surface area contributed by atoms with Gasteiger partial charge in [0, 0.05) is 51.2 Å². The number of urea groups is 1. The van der Waals surface area contributed by atoms with Crippen molar-refractivity contribution in [3.05, 3.63) is 30.1 Å². The first-order valence-electron chi connectivity index (χ1n) is 7.90. The molecule has 1 atom stereocenters. The van der Waals surface area contributed by atoms with Gasteiger partial charge in [0.2, 0.25) is 0 Å². The third-order valence-electron chi connectivity index (χ3n) is 4.49. The molecule has 2 aliphatic heterocycles. The van der Waals surface area contributed by atoms with E-state index in [2.05, 4.69) is 15.2 Å². The lowest BCUT2D eigenvalue weighted by atomic mass is 10.2. The van der Waals surface area contributed by atoms with Crippen LogP contribution in [0.3, 0.4) is 0 Å². The third-order valence-corrected chi connectivity index (χ3v) is 6.24. The van der Waals surface area contributed by atoms with Crippen molar-refractivity contribution in [2.75, 3.05) is 37.7 Å². The van der Waals surface area contributed by atoms with Crippen LogP contribution in [0.2, 0.25) is 0 Å². The number of nitrogens with zero attached hydrogens (tertiary/aromatic N) is 3. The number of carbonyl (C=O) groups excluding carboxylic acids is 1. The van der Waals surface area contributed by atoms with Gasteiger partial charge in [0.05, 0.1) is 11.5 Å². The molecule has 3 rings (SSSR count). The van der Waals surface area contributed by atoms with E-state index >= 15 is 0 Å². The lowest BCUT2D eigenvalue weighted by molar-refractivity contribution is 0.115. The zero-order valence-corrected chi connectivity index (χ0v) is 13.8. The Bertz CT molecular complexity index is 642. The van der Waals surface area contributed by atoms with Gasteiger partial charge in [0.25, 0.3) is 0 Å². The summed E-state index contributed by atoms with van der Waals surface area (Å²) in [5, 5.41) is 2.90. The highest BCUT2D eigenvalue weighted by atomic mass is 32.2. The Kier molecular flexibility index (Phi) is 4.82. The number of hydrogen-bond acceptors (Lipinski definition) is 5.